The first kappa shape index (κ1) is 14.3. The Bertz CT molecular complexity index is 785. The molecule has 2 heterocycles. The number of hydrogen-bond donors (Lipinski definition) is 2. The Kier molecular flexibility index (Phi) is 3.88. The van der Waals surface area contributed by atoms with Crippen molar-refractivity contribution in [3.05, 3.63) is 42.2 Å². The molecule has 1 aromatic carbocycles. The second-order valence-corrected chi connectivity index (χ2v) is 5.62. The molecule has 0 aliphatic rings. The quantitative estimate of drug-likeness (QED) is 0.769. The van der Waals surface area contributed by atoms with Crippen molar-refractivity contribution >= 4 is 28.1 Å². The molecule has 7 heteroatoms. The number of rotatable bonds is 4. The first-order valence-corrected chi connectivity index (χ1v) is 7.45. The lowest BCUT2D eigenvalue weighted by Crippen LogP contribution is -1.97. The van der Waals surface area contributed by atoms with E-state index < -0.39 is 0 Å². The van der Waals surface area contributed by atoms with E-state index in [2.05, 4.69) is 20.3 Å². The Morgan fingerprint density at radius 3 is 2.55 bits per heavy atom. The SMILES string of the molecule is COc1ccc(Nc2nccc(-c3sc(N)nc3C)n2)cc1. The van der Waals surface area contributed by atoms with E-state index in [1.54, 1.807) is 13.3 Å². The molecule has 3 N–H and O–H groups in total. The molecule has 0 atom stereocenters. The fourth-order valence-electron chi connectivity index (χ4n) is 2.00. The van der Waals surface area contributed by atoms with E-state index in [1.165, 1.54) is 11.3 Å². The standard InChI is InChI=1S/C15H15N5OS/c1-9-13(22-14(16)18-9)12-7-8-17-15(20-12)19-10-3-5-11(21-2)6-4-10/h3-8H,1-2H3,(H2,16,18)(H,17,19,20). The molecule has 2 aromatic heterocycles. The first-order chi connectivity index (χ1) is 10.7. The lowest BCUT2D eigenvalue weighted by molar-refractivity contribution is 0.415. The van der Waals surface area contributed by atoms with Crippen LogP contribution in [0.1, 0.15) is 5.69 Å². The van der Waals surface area contributed by atoms with Gasteiger partial charge in [-0.3, -0.25) is 0 Å². The maximum Gasteiger partial charge on any atom is 0.227 e. The predicted octanol–water partition coefficient (Wildman–Crippen LogP) is 3.24. The number of anilines is 3. The number of thiazole rings is 1. The lowest BCUT2D eigenvalue weighted by atomic mass is 10.3. The van der Waals surface area contributed by atoms with E-state index in [-0.39, 0.29) is 0 Å². The number of methoxy groups -OCH3 is 1. The molecule has 0 fully saturated rings. The highest BCUT2D eigenvalue weighted by atomic mass is 32.1. The zero-order valence-corrected chi connectivity index (χ0v) is 13.0. The topological polar surface area (TPSA) is 86.0 Å². The molecule has 0 saturated carbocycles. The highest BCUT2D eigenvalue weighted by Gasteiger charge is 2.10. The molecule has 0 amide bonds. The Morgan fingerprint density at radius 1 is 1.14 bits per heavy atom. The van der Waals surface area contributed by atoms with Crippen LogP contribution in [-0.4, -0.2) is 22.1 Å². The maximum atomic E-state index is 5.74. The third-order valence-electron chi connectivity index (χ3n) is 3.05. The van der Waals surface area contributed by atoms with Gasteiger partial charge in [-0.15, -0.1) is 0 Å². The molecular weight excluding hydrogens is 298 g/mol. The molecule has 0 bridgehead atoms. The Morgan fingerprint density at radius 2 is 1.91 bits per heavy atom. The van der Waals surface area contributed by atoms with Gasteiger partial charge in [-0.25, -0.2) is 15.0 Å². The number of aryl methyl sites for hydroxylation is 1. The molecule has 0 aliphatic heterocycles. The van der Waals surface area contributed by atoms with Crippen molar-refractivity contribution in [3.63, 3.8) is 0 Å². The summed E-state index contributed by atoms with van der Waals surface area (Å²) < 4.78 is 5.14. The average molecular weight is 313 g/mol. The van der Waals surface area contributed by atoms with Gasteiger partial charge in [0.1, 0.15) is 5.75 Å². The summed E-state index contributed by atoms with van der Waals surface area (Å²) in [4.78, 5) is 13.9. The average Bonchev–Trinajstić information content (AvgIpc) is 2.87. The highest BCUT2D eigenvalue weighted by Crippen LogP contribution is 2.30. The highest BCUT2D eigenvalue weighted by molar-refractivity contribution is 7.18. The maximum absolute atomic E-state index is 5.74. The van der Waals surface area contributed by atoms with Gasteiger partial charge < -0.3 is 15.8 Å². The lowest BCUT2D eigenvalue weighted by Gasteiger charge is -2.07. The monoisotopic (exact) mass is 313 g/mol. The summed E-state index contributed by atoms with van der Waals surface area (Å²) in [5.74, 6) is 1.32. The van der Waals surface area contributed by atoms with Gasteiger partial charge in [0.2, 0.25) is 5.95 Å². The summed E-state index contributed by atoms with van der Waals surface area (Å²) in [6, 6.07) is 9.41. The summed E-state index contributed by atoms with van der Waals surface area (Å²) in [5.41, 5.74) is 8.31. The summed E-state index contributed by atoms with van der Waals surface area (Å²) in [5, 5.41) is 3.70. The van der Waals surface area contributed by atoms with Gasteiger partial charge in [-0.1, -0.05) is 11.3 Å². The molecule has 112 valence electrons. The number of ether oxygens (including phenoxy) is 1. The van der Waals surface area contributed by atoms with Crippen molar-refractivity contribution in [3.8, 4) is 16.3 Å². The van der Waals surface area contributed by atoms with Crippen LogP contribution in [0, 0.1) is 6.92 Å². The number of nitrogens with zero attached hydrogens (tertiary/aromatic N) is 3. The smallest absolute Gasteiger partial charge is 0.227 e. The van der Waals surface area contributed by atoms with Crippen LogP contribution in [0.4, 0.5) is 16.8 Å². The van der Waals surface area contributed by atoms with Crippen LogP contribution in [0.5, 0.6) is 5.75 Å². The first-order valence-electron chi connectivity index (χ1n) is 6.63. The second kappa shape index (κ2) is 5.98. The largest absolute Gasteiger partial charge is 0.497 e. The van der Waals surface area contributed by atoms with E-state index in [4.69, 9.17) is 10.5 Å². The number of hydrogen-bond acceptors (Lipinski definition) is 7. The van der Waals surface area contributed by atoms with E-state index in [9.17, 15) is 0 Å². The molecule has 0 unspecified atom stereocenters. The molecule has 0 aliphatic carbocycles. The van der Waals surface area contributed by atoms with Gasteiger partial charge in [0.25, 0.3) is 0 Å². The summed E-state index contributed by atoms with van der Waals surface area (Å²) >= 11 is 1.42. The normalized spacial score (nSPS) is 10.5. The minimum atomic E-state index is 0.522. The number of nitrogens with two attached hydrogens (primary N) is 1. The summed E-state index contributed by atoms with van der Waals surface area (Å²) in [7, 11) is 1.64. The zero-order chi connectivity index (χ0) is 15.5. The molecule has 0 saturated heterocycles. The van der Waals surface area contributed by atoms with Crippen LogP contribution in [-0.2, 0) is 0 Å². The fourth-order valence-corrected chi connectivity index (χ4v) is 2.81. The van der Waals surface area contributed by atoms with E-state index in [0.717, 1.165) is 27.7 Å². The van der Waals surface area contributed by atoms with Gasteiger partial charge in [-0.05, 0) is 37.3 Å². The van der Waals surface area contributed by atoms with Crippen molar-refractivity contribution in [2.75, 3.05) is 18.2 Å². The fraction of sp³-hybridized carbons (Fsp3) is 0.133. The van der Waals surface area contributed by atoms with Crippen LogP contribution < -0.4 is 15.8 Å². The van der Waals surface area contributed by atoms with E-state index >= 15 is 0 Å². The van der Waals surface area contributed by atoms with Crippen molar-refractivity contribution in [1.29, 1.82) is 0 Å². The Labute approximate surface area is 132 Å². The molecule has 0 spiro atoms. The molecule has 3 rings (SSSR count). The van der Waals surface area contributed by atoms with Gasteiger partial charge in [0, 0.05) is 11.9 Å². The van der Waals surface area contributed by atoms with Crippen LogP contribution in [0.25, 0.3) is 10.6 Å². The van der Waals surface area contributed by atoms with Crippen molar-refractivity contribution in [2.45, 2.75) is 6.92 Å². The zero-order valence-electron chi connectivity index (χ0n) is 12.2. The van der Waals surface area contributed by atoms with E-state index in [0.29, 0.717) is 11.1 Å². The van der Waals surface area contributed by atoms with Crippen LogP contribution in [0.15, 0.2) is 36.5 Å². The van der Waals surface area contributed by atoms with Gasteiger partial charge in [0.05, 0.1) is 23.4 Å². The van der Waals surface area contributed by atoms with E-state index in [1.807, 2.05) is 37.3 Å². The molecule has 0 radical (unpaired) electrons. The third kappa shape index (κ3) is 2.99. The number of benzene rings is 1. The van der Waals surface area contributed by atoms with Crippen molar-refractivity contribution < 1.29 is 4.74 Å². The number of nitrogen functional groups attached to an aromatic ring is 1. The van der Waals surface area contributed by atoms with Crippen molar-refractivity contribution in [2.24, 2.45) is 0 Å². The minimum absolute atomic E-state index is 0.522. The molecular formula is C15H15N5OS. The van der Waals surface area contributed by atoms with Crippen LogP contribution in [0.3, 0.4) is 0 Å². The van der Waals surface area contributed by atoms with Gasteiger partial charge >= 0.3 is 0 Å². The Balaban J connectivity index is 1.86. The summed E-state index contributed by atoms with van der Waals surface area (Å²) in [6.45, 7) is 1.92. The van der Waals surface area contributed by atoms with Gasteiger partial charge in [-0.2, -0.15) is 0 Å². The minimum Gasteiger partial charge on any atom is -0.497 e. The molecule has 3 aromatic rings. The van der Waals surface area contributed by atoms with Crippen LogP contribution in [0.2, 0.25) is 0 Å². The number of aromatic nitrogens is 3. The van der Waals surface area contributed by atoms with Crippen LogP contribution >= 0.6 is 11.3 Å². The third-order valence-corrected chi connectivity index (χ3v) is 4.06. The summed E-state index contributed by atoms with van der Waals surface area (Å²) in [6.07, 6.45) is 1.71. The second-order valence-electron chi connectivity index (χ2n) is 4.59. The van der Waals surface area contributed by atoms with Crippen molar-refractivity contribution in [1.82, 2.24) is 15.0 Å². The predicted molar refractivity (Wildman–Crippen MR) is 88.6 cm³/mol. The molecule has 22 heavy (non-hydrogen) atoms. The molecule has 6 nitrogen and oxygen atoms in total. The Hall–Kier alpha value is -2.67. The number of nitrogens with one attached hydrogen (secondary N) is 1. The van der Waals surface area contributed by atoms with Gasteiger partial charge in [0.15, 0.2) is 5.13 Å².